The molecule has 6 nitrogen and oxygen atoms in total. The number of nitrogens with one attached hydrogen (secondary N) is 1. The second-order valence-electron chi connectivity index (χ2n) is 9.90. The minimum atomic E-state index is -0.697. The van der Waals surface area contributed by atoms with Gasteiger partial charge in [-0.05, 0) is 50.7 Å². The Labute approximate surface area is 191 Å². The largest absolute Gasteiger partial charge is 0.394 e. The fourth-order valence-corrected chi connectivity index (χ4v) is 5.78. The van der Waals surface area contributed by atoms with E-state index in [1.807, 2.05) is 44.2 Å². The summed E-state index contributed by atoms with van der Waals surface area (Å²) in [6, 6.07) is 9.41. The van der Waals surface area contributed by atoms with Crippen LogP contribution in [0.2, 0.25) is 0 Å². The van der Waals surface area contributed by atoms with Crippen molar-refractivity contribution >= 4 is 17.7 Å². The standard InChI is InChI=1S/C24H39N3O3S/c1-24(2,16-28)26-23(30)21-12-17-8-6-7-9-18(17)13-27(21)14-22(29)20(25)15-31-19-10-4-3-5-11-19/h3-5,10-11,17-18,20-22,28-29H,6-9,12-16,25H2,1-2H3,(H,26,30)/t17-,18+,20-,21-,22+/m0/s1. The van der Waals surface area contributed by atoms with E-state index in [2.05, 4.69) is 10.2 Å². The smallest absolute Gasteiger partial charge is 0.237 e. The number of fused-ring (bicyclic) bond motifs is 1. The average Bonchev–Trinajstić information content (AvgIpc) is 2.77. The number of aliphatic hydroxyl groups excluding tert-OH is 2. The molecule has 1 aromatic carbocycles. The maximum Gasteiger partial charge on any atom is 0.237 e. The van der Waals surface area contributed by atoms with Gasteiger partial charge < -0.3 is 21.3 Å². The summed E-state index contributed by atoms with van der Waals surface area (Å²) in [4.78, 5) is 16.4. The number of likely N-dealkylation sites (tertiary alicyclic amines) is 1. The minimum Gasteiger partial charge on any atom is -0.394 e. The molecule has 1 heterocycles. The van der Waals surface area contributed by atoms with Crippen LogP contribution >= 0.6 is 11.8 Å². The SMILES string of the molecule is CC(C)(CO)NC(=O)[C@@H]1C[C@@H]2CCCC[C@@H]2CN1C[C@@H](O)[C@@H](N)CSc1ccccc1. The van der Waals surface area contributed by atoms with Crippen molar-refractivity contribution in [1.29, 1.82) is 0 Å². The highest BCUT2D eigenvalue weighted by Gasteiger charge is 2.41. The van der Waals surface area contributed by atoms with Gasteiger partial charge in [-0.3, -0.25) is 9.69 Å². The van der Waals surface area contributed by atoms with Crippen molar-refractivity contribution in [2.45, 2.75) is 74.6 Å². The van der Waals surface area contributed by atoms with E-state index in [4.69, 9.17) is 5.73 Å². The molecule has 0 spiro atoms. The number of β-amino-alcohol motifs (C(OH)–C–C–N with tert-alkyl or cyclic N) is 1. The molecule has 1 aliphatic heterocycles. The monoisotopic (exact) mass is 449 g/mol. The Bertz CT molecular complexity index is 703. The van der Waals surface area contributed by atoms with Crippen molar-refractivity contribution in [3.63, 3.8) is 0 Å². The fraction of sp³-hybridized carbons (Fsp3) is 0.708. The van der Waals surface area contributed by atoms with E-state index in [1.165, 1.54) is 25.7 Å². The summed E-state index contributed by atoms with van der Waals surface area (Å²) < 4.78 is 0. The first-order valence-electron chi connectivity index (χ1n) is 11.6. The number of hydrogen-bond donors (Lipinski definition) is 4. The Morgan fingerprint density at radius 1 is 1.26 bits per heavy atom. The molecule has 5 N–H and O–H groups in total. The number of rotatable bonds is 9. The van der Waals surface area contributed by atoms with Gasteiger partial charge in [-0.25, -0.2) is 0 Å². The Balaban J connectivity index is 1.63. The van der Waals surface area contributed by atoms with E-state index in [1.54, 1.807) is 11.8 Å². The van der Waals surface area contributed by atoms with Crippen molar-refractivity contribution in [2.24, 2.45) is 17.6 Å². The lowest BCUT2D eigenvalue weighted by molar-refractivity contribution is -0.133. The summed E-state index contributed by atoms with van der Waals surface area (Å²) in [6.45, 7) is 4.77. The highest BCUT2D eigenvalue weighted by molar-refractivity contribution is 7.99. The summed E-state index contributed by atoms with van der Waals surface area (Å²) in [7, 11) is 0. The molecule has 7 heteroatoms. The first-order chi connectivity index (χ1) is 14.8. The van der Waals surface area contributed by atoms with E-state index in [0.717, 1.165) is 17.9 Å². The molecule has 5 atom stereocenters. The first kappa shape index (κ1) is 24.5. The number of amides is 1. The van der Waals surface area contributed by atoms with Gasteiger partial charge in [0, 0.05) is 29.8 Å². The zero-order valence-electron chi connectivity index (χ0n) is 18.9. The van der Waals surface area contributed by atoms with E-state index in [9.17, 15) is 15.0 Å². The van der Waals surface area contributed by atoms with Crippen LogP contribution in [0.4, 0.5) is 0 Å². The molecule has 174 valence electrons. The lowest BCUT2D eigenvalue weighted by Crippen LogP contribution is -2.60. The molecule has 0 radical (unpaired) electrons. The van der Waals surface area contributed by atoms with Crippen LogP contribution in [-0.4, -0.2) is 70.2 Å². The van der Waals surface area contributed by atoms with Crippen molar-refractivity contribution in [1.82, 2.24) is 10.2 Å². The number of benzene rings is 1. The molecule has 0 unspecified atom stereocenters. The van der Waals surface area contributed by atoms with Gasteiger partial charge in [-0.2, -0.15) is 0 Å². The van der Waals surface area contributed by atoms with Crippen molar-refractivity contribution in [3.05, 3.63) is 30.3 Å². The van der Waals surface area contributed by atoms with Gasteiger partial charge in [0.15, 0.2) is 0 Å². The van der Waals surface area contributed by atoms with Crippen molar-refractivity contribution < 1.29 is 15.0 Å². The van der Waals surface area contributed by atoms with Crippen molar-refractivity contribution in [2.75, 3.05) is 25.4 Å². The van der Waals surface area contributed by atoms with Crippen LogP contribution in [0.25, 0.3) is 0 Å². The molecule has 2 fully saturated rings. The normalized spacial score (nSPS) is 26.7. The highest BCUT2D eigenvalue weighted by Crippen LogP contribution is 2.38. The zero-order valence-corrected chi connectivity index (χ0v) is 19.7. The molecule has 0 aromatic heterocycles. The molecule has 1 amide bonds. The van der Waals surface area contributed by atoms with Crippen LogP contribution in [-0.2, 0) is 4.79 Å². The third-order valence-corrected chi connectivity index (χ3v) is 7.92. The average molecular weight is 450 g/mol. The van der Waals surface area contributed by atoms with Crippen LogP contribution in [0.5, 0.6) is 0 Å². The minimum absolute atomic E-state index is 0.0532. The van der Waals surface area contributed by atoms with Crippen LogP contribution in [0.15, 0.2) is 35.2 Å². The van der Waals surface area contributed by atoms with E-state index < -0.39 is 11.6 Å². The Morgan fingerprint density at radius 3 is 2.61 bits per heavy atom. The van der Waals surface area contributed by atoms with Crippen LogP contribution in [0.3, 0.4) is 0 Å². The van der Waals surface area contributed by atoms with Gasteiger partial charge in [0.1, 0.15) is 0 Å². The van der Waals surface area contributed by atoms with Crippen LogP contribution < -0.4 is 11.1 Å². The van der Waals surface area contributed by atoms with E-state index >= 15 is 0 Å². The number of nitrogens with zero attached hydrogens (tertiary/aromatic N) is 1. The maximum atomic E-state index is 13.1. The second-order valence-corrected chi connectivity index (χ2v) is 11.0. The van der Waals surface area contributed by atoms with Gasteiger partial charge in [0.05, 0.1) is 24.3 Å². The van der Waals surface area contributed by atoms with Gasteiger partial charge in [-0.1, -0.05) is 37.5 Å². The molecular formula is C24H39N3O3S. The van der Waals surface area contributed by atoms with Crippen LogP contribution in [0.1, 0.15) is 46.0 Å². The number of hydrogen-bond acceptors (Lipinski definition) is 6. The Kier molecular flexibility index (Phi) is 8.82. The summed E-state index contributed by atoms with van der Waals surface area (Å²) in [5, 5.41) is 23.5. The van der Waals surface area contributed by atoms with E-state index in [0.29, 0.717) is 24.1 Å². The summed E-state index contributed by atoms with van der Waals surface area (Å²) in [5.41, 5.74) is 5.67. The first-order valence-corrected chi connectivity index (χ1v) is 12.6. The predicted octanol–water partition coefficient (Wildman–Crippen LogP) is 2.23. The topological polar surface area (TPSA) is 98.8 Å². The van der Waals surface area contributed by atoms with Crippen molar-refractivity contribution in [3.8, 4) is 0 Å². The molecule has 1 saturated heterocycles. The number of carbonyl (C=O) groups is 1. The van der Waals surface area contributed by atoms with Gasteiger partial charge in [-0.15, -0.1) is 11.8 Å². The Hall–Kier alpha value is -1.12. The number of carbonyl (C=O) groups excluding carboxylic acids is 1. The molecular weight excluding hydrogens is 410 g/mol. The number of piperidine rings is 1. The molecule has 0 bridgehead atoms. The van der Waals surface area contributed by atoms with Crippen LogP contribution in [0, 0.1) is 11.8 Å². The number of aliphatic hydroxyl groups is 2. The maximum absolute atomic E-state index is 13.1. The molecule has 1 aromatic rings. The second kappa shape index (κ2) is 11.1. The lowest BCUT2D eigenvalue weighted by Gasteiger charge is -2.47. The van der Waals surface area contributed by atoms with Gasteiger partial charge in [0.25, 0.3) is 0 Å². The summed E-state index contributed by atoms with van der Waals surface area (Å²) in [6.07, 6.45) is 4.99. The number of nitrogens with two attached hydrogens (primary N) is 1. The summed E-state index contributed by atoms with van der Waals surface area (Å²) >= 11 is 1.64. The Morgan fingerprint density at radius 2 is 1.94 bits per heavy atom. The molecule has 3 rings (SSSR count). The zero-order chi connectivity index (χ0) is 22.4. The molecule has 1 aliphatic carbocycles. The third-order valence-electron chi connectivity index (χ3n) is 6.76. The molecule has 31 heavy (non-hydrogen) atoms. The van der Waals surface area contributed by atoms with E-state index in [-0.39, 0.29) is 24.6 Å². The molecule has 2 aliphatic rings. The van der Waals surface area contributed by atoms with Gasteiger partial charge in [0.2, 0.25) is 5.91 Å². The summed E-state index contributed by atoms with van der Waals surface area (Å²) in [5.74, 6) is 1.73. The fourth-order valence-electron chi connectivity index (χ4n) is 4.83. The number of thioether (sulfide) groups is 1. The lowest BCUT2D eigenvalue weighted by atomic mass is 9.72. The van der Waals surface area contributed by atoms with Gasteiger partial charge >= 0.3 is 0 Å². The predicted molar refractivity (Wildman–Crippen MR) is 126 cm³/mol. The third kappa shape index (κ3) is 6.93. The quantitative estimate of drug-likeness (QED) is 0.432. The molecule has 1 saturated carbocycles. The highest BCUT2D eigenvalue weighted by atomic mass is 32.2.